The van der Waals surface area contributed by atoms with Gasteiger partial charge in [0.05, 0.1) is 20.8 Å². The number of carbonyl (C=O) groups excluding carboxylic acids is 2. The third-order valence-electron chi connectivity index (χ3n) is 4.60. The first kappa shape index (κ1) is 24.3. The van der Waals surface area contributed by atoms with Crippen LogP contribution in [0.25, 0.3) is 10.2 Å². The van der Waals surface area contributed by atoms with E-state index in [1.165, 1.54) is 18.6 Å². The molecule has 2 aromatic heterocycles. The van der Waals surface area contributed by atoms with Gasteiger partial charge in [0.15, 0.2) is 0 Å². The van der Waals surface area contributed by atoms with Gasteiger partial charge in [0.1, 0.15) is 17.3 Å². The standard InChI is InChI=1S/C24H21FN4O4S2/c1-14-4-9-17(25)18(12-14)28-24(31)27-15-5-7-16(8-6-15)33-20-10-11-26-19-13-21(34-22(19)20)23(30)29-35(2,3)32/h4-13H,1-3H3,(H2,27,28,31). The topological polar surface area (TPSA) is 110 Å². The molecule has 0 aliphatic heterocycles. The number of halogens is 1. The van der Waals surface area contributed by atoms with Crippen LogP contribution in [0.1, 0.15) is 15.2 Å². The van der Waals surface area contributed by atoms with Gasteiger partial charge in [-0.15, -0.1) is 11.3 Å². The number of ether oxygens (including phenoxy) is 1. The highest BCUT2D eigenvalue weighted by Gasteiger charge is 2.15. The molecule has 0 aliphatic rings. The number of aromatic nitrogens is 1. The van der Waals surface area contributed by atoms with E-state index in [2.05, 4.69) is 20.0 Å². The Hall–Kier alpha value is -3.83. The summed E-state index contributed by atoms with van der Waals surface area (Å²) >= 11 is 1.15. The molecule has 0 fully saturated rings. The zero-order chi connectivity index (χ0) is 25.2. The molecule has 2 heterocycles. The number of aryl methyl sites for hydroxylation is 1. The summed E-state index contributed by atoms with van der Waals surface area (Å²) in [6.07, 6.45) is 4.35. The van der Waals surface area contributed by atoms with Gasteiger partial charge in [-0.2, -0.15) is 4.36 Å². The summed E-state index contributed by atoms with van der Waals surface area (Å²) in [5.74, 6) is -0.109. The second-order valence-electron chi connectivity index (χ2n) is 7.90. The molecule has 35 heavy (non-hydrogen) atoms. The Balaban J connectivity index is 1.47. The van der Waals surface area contributed by atoms with Gasteiger partial charge in [-0.25, -0.2) is 13.4 Å². The van der Waals surface area contributed by atoms with E-state index in [1.54, 1.807) is 61.7 Å². The van der Waals surface area contributed by atoms with Crippen molar-refractivity contribution in [2.24, 2.45) is 4.36 Å². The molecule has 0 saturated carbocycles. The lowest BCUT2D eigenvalue weighted by molar-refractivity contribution is 0.101. The van der Waals surface area contributed by atoms with E-state index in [1.807, 2.05) is 0 Å². The van der Waals surface area contributed by atoms with Gasteiger partial charge in [-0.05, 0) is 55.0 Å². The summed E-state index contributed by atoms with van der Waals surface area (Å²) in [6.45, 7) is 1.80. The third kappa shape index (κ3) is 6.19. The first-order valence-corrected chi connectivity index (χ1v) is 13.4. The molecular formula is C24H21FN4O4S2. The zero-order valence-electron chi connectivity index (χ0n) is 19.0. The summed E-state index contributed by atoms with van der Waals surface area (Å²) in [7, 11) is -2.57. The van der Waals surface area contributed by atoms with Crippen LogP contribution in [0.5, 0.6) is 11.5 Å². The minimum Gasteiger partial charge on any atom is -0.456 e. The number of nitrogens with one attached hydrogen (secondary N) is 2. The van der Waals surface area contributed by atoms with Crippen LogP contribution < -0.4 is 15.4 Å². The molecule has 180 valence electrons. The highest BCUT2D eigenvalue weighted by Crippen LogP contribution is 2.35. The van der Waals surface area contributed by atoms with Gasteiger partial charge in [-0.1, -0.05) is 6.07 Å². The number of carbonyl (C=O) groups is 2. The average molecular weight is 513 g/mol. The number of hydrogen-bond donors (Lipinski definition) is 2. The molecule has 4 rings (SSSR count). The fourth-order valence-corrected chi connectivity index (χ4v) is 4.60. The molecule has 0 radical (unpaired) electrons. The van der Waals surface area contributed by atoms with Crippen LogP contribution >= 0.6 is 11.3 Å². The summed E-state index contributed by atoms with van der Waals surface area (Å²) in [4.78, 5) is 29.1. The molecule has 11 heteroatoms. The smallest absolute Gasteiger partial charge is 0.323 e. The van der Waals surface area contributed by atoms with Gasteiger partial charge >= 0.3 is 6.03 Å². The number of anilines is 2. The maximum Gasteiger partial charge on any atom is 0.323 e. The van der Waals surface area contributed by atoms with Crippen LogP contribution in [0.2, 0.25) is 0 Å². The lowest BCUT2D eigenvalue weighted by atomic mass is 10.2. The quantitative estimate of drug-likeness (QED) is 0.338. The molecule has 8 nitrogen and oxygen atoms in total. The Morgan fingerprint density at radius 1 is 1.06 bits per heavy atom. The van der Waals surface area contributed by atoms with Crippen molar-refractivity contribution in [3.63, 3.8) is 0 Å². The fourth-order valence-electron chi connectivity index (χ4n) is 3.10. The number of nitrogens with zero attached hydrogens (tertiary/aromatic N) is 2. The van der Waals surface area contributed by atoms with Crippen molar-refractivity contribution in [1.29, 1.82) is 0 Å². The first-order chi connectivity index (χ1) is 16.6. The molecule has 2 N–H and O–H groups in total. The van der Waals surface area contributed by atoms with Crippen LogP contribution in [-0.4, -0.2) is 33.6 Å². The zero-order valence-corrected chi connectivity index (χ0v) is 20.6. The maximum atomic E-state index is 13.9. The van der Waals surface area contributed by atoms with Gasteiger partial charge in [-0.3, -0.25) is 9.78 Å². The van der Waals surface area contributed by atoms with E-state index >= 15 is 0 Å². The van der Waals surface area contributed by atoms with Crippen molar-refractivity contribution in [2.75, 3.05) is 23.1 Å². The number of fused-ring (bicyclic) bond motifs is 1. The van der Waals surface area contributed by atoms with E-state index in [0.717, 1.165) is 16.9 Å². The molecule has 0 bridgehead atoms. The normalized spacial score (nSPS) is 11.2. The van der Waals surface area contributed by atoms with Crippen LogP contribution in [0.4, 0.5) is 20.6 Å². The summed E-state index contributed by atoms with van der Waals surface area (Å²) in [6, 6.07) is 13.7. The lowest BCUT2D eigenvalue weighted by Gasteiger charge is -2.10. The van der Waals surface area contributed by atoms with Crippen molar-refractivity contribution >= 4 is 54.6 Å². The van der Waals surface area contributed by atoms with Crippen LogP contribution in [-0.2, 0) is 9.73 Å². The van der Waals surface area contributed by atoms with Crippen molar-refractivity contribution < 1.29 is 22.9 Å². The first-order valence-electron chi connectivity index (χ1n) is 10.3. The van der Waals surface area contributed by atoms with Gasteiger partial charge < -0.3 is 15.4 Å². The highest BCUT2D eigenvalue weighted by molar-refractivity contribution is 7.92. The van der Waals surface area contributed by atoms with E-state index in [-0.39, 0.29) is 5.69 Å². The summed E-state index contributed by atoms with van der Waals surface area (Å²) in [5, 5.41) is 5.12. The second kappa shape index (κ2) is 9.80. The molecule has 0 saturated heterocycles. The van der Waals surface area contributed by atoms with Crippen molar-refractivity contribution in [3.05, 3.63) is 77.1 Å². The Kier molecular flexibility index (Phi) is 6.81. The van der Waals surface area contributed by atoms with E-state index < -0.39 is 27.5 Å². The third-order valence-corrected chi connectivity index (χ3v) is 6.33. The van der Waals surface area contributed by atoms with Gasteiger partial charge in [0, 0.05) is 40.2 Å². The predicted octanol–water partition coefficient (Wildman–Crippen LogP) is 6.05. The van der Waals surface area contributed by atoms with Crippen molar-refractivity contribution in [2.45, 2.75) is 6.92 Å². The number of amides is 3. The number of hydrogen-bond acceptors (Lipinski definition) is 6. The Morgan fingerprint density at radius 3 is 2.51 bits per heavy atom. The second-order valence-corrected chi connectivity index (χ2v) is 11.5. The van der Waals surface area contributed by atoms with Crippen LogP contribution in [0, 0.1) is 12.7 Å². The number of thiophene rings is 1. The van der Waals surface area contributed by atoms with Crippen molar-refractivity contribution in [1.82, 2.24) is 4.98 Å². The molecule has 0 unspecified atom stereocenters. The van der Waals surface area contributed by atoms with Crippen LogP contribution in [0.15, 0.2) is 65.2 Å². The Morgan fingerprint density at radius 2 is 1.80 bits per heavy atom. The van der Waals surface area contributed by atoms with Gasteiger partial charge in [0.25, 0.3) is 5.91 Å². The largest absolute Gasteiger partial charge is 0.456 e. The lowest BCUT2D eigenvalue weighted by Crippen LogP contribution is -2.20. The fraction of sp³-hybridized carbons (Fsp3) is 0.125. The summed E-state index contributed by atoms with van der Waals surface area (Å²) < 4.78 is 36.0. The number of urea groups is 1. The molecule has 0 atom stereocenters. The van der Waals surface area contributed by atoms with E-state index in [4.69, 9.17) is 4.74 Å². The molecule has 0 aliphatic carbocycles. The Labute approximate surface area is 205 Å². The SMILES string of the molecule is Cc1ccc(F)c(NC(=O)Nc2ccc(Oc3ccnc4cc(C(=O)N=S(C)(C)=O)sc34)cc2)c1. The highest BCUT2D eigenvalue weighted by atomic mass is 32.2. The monoisotopic (exact) mass is 512 g/mol. The minimum absolute atomic E-state index is 0.0889. The van der Waals surface area contributed by atoms with E-state index in [0.29, 0.717) is 32.3 Å². The maximum absolute atomic E-state index is 13.9. The number of pyridine rings is 1. The molecule has 4 aromatic rings. The Bertz CT molecular complexity index is 1550. The van der Waals surface area contributed by atoms with Crippen LogP contribution in [0.3, 0.4) is 0 Å². The number of benzene rings is 2. The van der Waals surface area contributed by atoms with Gasteiger partial charge in [0.2, 0.25) is 0 Å². The predicted molar refractivity (Wildman–Crippen MR) is 137 cm³/mol. The average Bonchev–Trinajstić information content (AvgIpc) is 3.22. The van der Waals surface area contributed by atoms with Crippen molar-refractivity contribution in [3.8, 4) is 11.5 Å². The summed E-state index contributed by atoms with van der Waals surface area (Å²) in [5.41, 5.74) is 1.95. The number of rotatable bonds is 5. The molecule has 0 spiro atoms. The van der Waals surface area contributed by atoms with E-state index in [9.17, 15) is 18.2 Å². The minimum atomic E-state index is -2.57. The molecule has 3 amide bonds. The molecular weight excluding hydrogens is 491 g/mol. The molecule has 2 aromatic carbocycles.